The lowest BCUT2D eigenvalue weighted by atomic mass is 10.2. The Bertz CT molecular complexity index is 291. The van der Waals surface area contributed by atoms with Crippen molar-refractivity contribution in [2.24, 2.45) is 0 Å². The molecular formula is C9H16N4O. The van der Waals surface area contributed by atoms with Gasteiger partial charge in [-0.3, -0.25) is 5.10 Å². The Hall–Kier alpha value is -0.940. The molecule has 1 fully saturated rings. The first-order valence-corrected chi connectivity index (χ1v) is 5.02. The largest absolute Gasteiger partial charge is 0.368 e. The van der Waals surface area contributed by atoms with Gasteiger partial charge < -0.3 is 10.1 Å². The molecule has 0 bridgehead atoms. The average Bonchev–Trinajstić information content (AvgIpc) is 2.68. The van der Waals surface area contributed by atoms with E-state index in [9.17, 15) is 0 Å². The van der Waals surface area contributed by atoms with Crippen LogP contribution in [-0.2, 0) is 4.74 Å². The van der Waals surface area contributed by atoms with Crippen molar-refractivity contribution < 1.29 is 4.74 Å². The van der Waals surface area contributed by atoms with E-state index < -0.39 is 0 Å². The highest BCUT2D eigenvalue weighted by molar-refractivity contribution is 4.99. The maximum absolute atomic E-state index is 5.56. The Morgan fingerprint density at radius 1 is 1.50 bits per heavy atom. The number of ether oxygens (including phenoxy) is 1. The van der Waals surface area contributed by atoms with Gasteiger partial charge in [0.25, 0.3) is 0 Å². The van der Waals surface area contributed by atoms with Crippen LogP contribution in [0.15, 0.2) is 0 Å². The Balaban J connectivity index is 2.07. The molecule has 1 aliphatic heterocycles. The van der Waals surface area contributed by atoms with Crippen molar-refractivity contribution in [3.8, 4) is 0 Å². The normalized spacial score (nSPS) is 22.9. The molecule has 1 aromatic heterocycles. The van der Waals surface area contributed by atoms with E-state index in [-0.39, 0.29) is 6.10 Å². The summed E-state index contributed by atoms with van der Waals surface area (Å²) in [6.07, 6.45) is 0.0312. The summed E-state index contributed by atoms with van der Waals surface area (Å²) in [6, 6.07) is 0. The zero-order chi connectivity index (χ0) is 9.97. The second-order valence-corrected chi connectivity index (χ2v) is 3.80. The molecule has 2 rings (SSSR count). The van der Waals surface area contributed by atoms with Crippen LogP contribution >= 0.6 is 0 Å². The fourth-order valence-corrected chi connectivity index (χ4v) is 1.43. The summed E-state index contributed by atoms with van der Waals surface area (Å²) >= 11 is 0. The van der Waals surface area contributed by atoms with Gasteiger partial charge in [0.15, 0.2) is 11.6 Å². The van der Waals surface area contributed by atoms with E-state index in [0.29, 0.717) is 5.92 Å². The molecule has 0 amide bonds. The molecule has 1 aliphatic rings. The van der Waals surface area contributed by atoms with Crippen molar-refractivity contribution in [1.29, 1.82) is 0 Å². The molecule has 14 heavy (non-hydrogen) atoms. The van der Waals surface area contributed by atoms with Crippen LogP contribution in [0.25, 0.3) is 0 Å². The Labute approximate surface area is 83.3 Å². The molecule has 1 aromatic rings. The van der Waals surface area contributed by atoms with Crippen molar-refractivity contribution in [3.63, 3.8) is 0 Å². The first-order valence-electron chi connectivity index (χ1n) is 5.02. The van der Waals surface area contributed by atoms with Gasteiger partial charge in [0, 0.05) is 19.0 Å². The molecule has 1 atom stereocenters. The van der Waals surface area contributed by atoms with Gasteiger partial charge in [0.2, 0.25) is 0 Å². The maximum atomic E-state index is 5.56. The molecule has 5 heteroatoms. The number of hydrogen-bond acceptors (Lipinski definition) is 4. The van der Waals surface area contributed by atoms with Crippen LogP contribution in [-0.4, -0.2) is 34.9 Å². The third-order valence-corrected chi connectivity index (χ3v) is 2.27. The molecular weight excluding hydrogens is 180 g/mol. The standard InChI is InChI=1S/C9H16N4O/c1-6(2)8-11-9(13-12-8)7-5-10-3-4-14-7/h6-7,10H,3-5H2,1-2H3,(H,11,12,13)/t7-/m1/s1. The van der Waals surface area contributed by atoms with Crippen LogP contribution in [0.1, 0.15) is 37.5 Å². The second-order valence-electron chi connectivity index (χ2n) is 3.80. The Kier molecular flexibility index (Phi) is 2.79. The van der Waals surface area contributed by atoms with Gasteiger partial charge in [0.1, 0.15) is 6.10 Å². The Morgan fingerprint density at radius 3 is 2.93 bits per heavy atom. The molecule has 0 aromatic carbocycles. The van der Waals surface area contributed by atoms with E-state index in [1.807, 2.05) is 0 Å². The lowest BCUT2D eigenvalue weighted by Gasteiger charge is -2.21. The molecule has 1 saturated heterocycles. The topological polar surface area (TPSA) is 62.8 Å². The minimum Gasteiger partial charge on any atom is -0.368 e. The lowest BCUT2D eigenvalue weighted by Crippen LogP contribution is -2.33. The third-order valence-electron chi connectivity index (χ3n) is 2.27. The molecule has 0 radical (unpaired) electrons. The number of nitrogens with one attached hydrogen (secondary N) is 2. The fraction of sp³-hybridized carbons (Fsp3) is 0.778. The molecule has 0 saturated carbocycles. The van der Waals surface area contributed by atoms with Crippen LogP contribution in [0.3, 0.4) is 0 Å². The summed E-state index contributed by atoms with van der Waals surface area (Å²) in [4.78, 5) is 4.40. The fourth-order valence-electron chi connectivity index (χ4n) is 1.43. The zero-order valence-corrected chi connectivity index (χ0v) is 8.58. The third kappa shape index (κ3) is 1.93. The number of morpholine rings is 1. The van der Waals surface area contributed by atoms with Gasteiger partial charge >= 0.3 is 0 Å². The average molecular weight is 196 g/mol. The molecule has 2 N–H and O–H groups in total. The van der Waals surface area contributed by atoms with Crippen LogP contribution in [0.2, 0.25) is 0 Å². The molecule has 0 aliphatic carbocycles. The van der Waals surface area contributed by atoms with E-state index in [4.69, 9.17) is 4.74 Å². The number of aromatic nitrogens is 3. The van der Waals surface area contributed by atoms with Crippen molar-refractivity contribution in [2.75, 3.05) is 19.7 Å². The zero-order valence-electron chi connectivity index (χ0n) is 8.58. The second kappa shape index (κ2) is 4.06. The highest BCUT2D eigenvalue weighted by Crippen LogP contribution is 2.16. The van der Waals surface area contributed by atoms with E-state index >= 15 is 0 Å². The van der Waals surface area contributed by atoms with E-state index in [1.165, 1.54) is 0 Å². The lowest BCUT2D eigenvalue weighted by molar-refractivity contribution is 0.0223. The first kappa shape index (κ1) is 9.61. The van der Waals surface area contributed by atoms with Gasteiger partial charge in [-0.2, -0.15) is 5.10 Å². The van der Waals surface area contributed by atoms with Crippen LogP contribution in [0.5, 0.6) is 0 Å². The summed E-state index contributed by atoms with van der Waals surface area (Å²) in [5, 5.41) is 10.3. The molecule has 2 heterocycles. The Morgan fingerprint density at radius 2 is 2.36 bits per heavy atom. The molecule has 78 valence electrons. The van der Waals surface area contributed by atoms with Gasteiger partial charge in [-0.05, 0) is 0 Å². The minimum absolute atomic E-state index is 0.0312. The van der Waals surface area contributed by atoms with Crippen LogP contribution in [0.4, 0.5) is 0 Å². The van der Waals surface area contributed by atoms with Crippen molar-refractivity contribution >= 4 is 0 Å². The summed E-state index contributed by atoms with van der Waals surface area (Å²) in [5.74, 6) is 2.05. The first-order chi connectivity index (χ1) is 6.77. The summed E-state index contributed by atoms with van der Waals surface area (Å²) in [6.45, 7) is 6.62. The number of aromatic amines is 1. The summed E-state index contributed by atoms with van der Waals surface area (Å²) in [7, 11) is 0. The number of H-pyrrole nitrogens is 1. The van der Waals surface area contributed by atoms with Crippen molar-refractivity contribution in [1.82, 2.24) is 20.5 Å². The van der Waals surface area contributed by atoms with Crippen LogP contribution in [0, 0.1) is 0 Å². The van der Waals surface area contributed by atoms with Gasteiger partial charge in [0.05, 0.1) is 6.61 Å². The molecule has 5 nitrogen and oxygen atoms in total. The predicted molar refractivity (Wildman–Crippen MR) is 52.0 cm³/mol. The highest BCUT2D eigenvalue weighted by Gasteiger charge is 2.19. The minimum atomic E-state index is 0.0312. The SMILES string of the molecule is CC(C)c1n[nH]c([C@H]2CNCCO2)n1. The van der Waals surface area contributed by atoms with Gasteiger partial charge in [-0.15, -0.1) is 0 Å². The summed E-state index contributed by atoms with van der Waals surface area (Å²) in [5.41, 5.74) is 0. The van der Waals surface area contributed by atoms with E-state index in [1.54, 1.807) is 0 Å². The van der Waals surface area contributed by atoms with Crippen molar-refractivity contribution in [2.45, 2.75) is 25.9 Å². The quantitative estimate of drug-likeness (QED) is 0.726. The maximum Gasteiger partial charge on any atom is 0.155 e. The smallest absolute Gasteiger partial charge is 0.155 e. The van der Waals surface area contributed by atoms with Gasteiger partial charge in [-0.25, -0.2) is 4.98 Å². The van der Waals surface area contributed by atoms with Crippen molar-refractivity contribution in [3.05, 3.63) is 11.6 Å². The predicted octanol–water partition coefficient (Wildman–Crippen LogP) is 0.589. The van der Waals surface area contributed by atoms with Crippen LogP contribution < -0.4 is 5.32 Å². The van der Waals surface area contributed by atoms with E-state index in [0.717, 1.165) is 31.3 Å². The number of hydrogen-bond donors (Lipinski definition) is 2. The number of rotatable bonds is 2. The van der Waals surface area contributed by atoms with Gasteiger partial charge in [-0.1, -0.05) is 13.8 Å². The van der Waals surface area contributed by atoms with E-state index in [2.05, 4.69) is 34.3 Å². The summed E-state index contributed by atoms with van der Waals surface area (Å²) < 4.78 is 5.56. The number of nitrogens with zero attached hydrogens (tertiary/aromatic N) is 2. The highest BCUT2D eigenvalue weighted by atomic mass is 16.5. The molecule has 0 unspecified atom stereocenters. The monoisotopic (exact) mass is 196 g/mol. The molecule has 0 spiro atoms.